The van der Waals surface area contributed by atoms with Crippen molar-refractivity contribution in [2.75, 3.05) is 0 Å². The first-order valence-electron chi connectivity index (χ1n) is 4.71. The first kappa shape index (κ1) is 8.37. The van der Waals surface area contributed by atoms with Crippen molar-refractivity contribution >= 4 is 0 Å². The molecule has 0 bridgehead atoms. The van der Waals surface area contributed by atoms with E-state index in [-0.39, 0.29) is 5.41 Å². The third-order valence-electron chi connectivity index (χ3n) is 3.37. The molecule has 0 aromatic heterocycles. The van der Waals surface area contributed by atoms with Crippen molar-refractivity contribution in [1.82, 2.24) is 0 Å². The summed E-state index contributed by atoms with van der Waals surface area (Å²) >= 11 is 0. The molecule has 2 aliphatic carbocycles. The number of hydrogen-bond donors (Lipinski definition) is 1. The minimum Gasteiger partial charge on any atom is -0.401 e. The van der Waals surface area contributed by atoms with E-state index < -0.39 is 0 Å². The fraction of sp³-hybridized carbons (Fsp3) is 0.545. The highest BCUT2D eigenvalue weighted by Gasteiger charge is 2.43. The van der Waals surface area contributed by atoms with Gasteiger partial charge in [-0.25, -0.2) is 0 Å². The van der Waals surface area contributed by atoms with Crippen molar-refractivity contribution in [1.29, 1.82) is 5.26 Å². The molecule has 2 heteroatoms. The van der Waals surface area contributed by atoms with E-state index in [1.165, 1.54) is 0 Å². The molecule has 13 heavy (non-hydrogen) atoms. The van der Waals surface area contributed by atoms with E-state index in [4.69, 9.17) is 11.0 Å². The summed E-state index contributed by atoms with van der Waals surface area (Å²) in [7, 11) is 0. The average molecular weight is 174 g/mol. The van der Waals surface area contributed by atoms with Crippen LogP contribution in [0.15, 0.2) is 23.4 Å². The Morgan fingerprint density at radius 2 is 2.38 bits per heavy atom. The van der Waals surface area contributed by atoms with E-state index in [0.717, 1.165) is 30.5 Å². The first-order valence-corrected chi connectivity index (χ1v) is 4.71. The van der Waals surface area contributed by atoms with Crippen molar-refractivity contribution in [3.05, 3.63) is 23.4 Å². The van der Waals surface area contributed by atoms with Gasteiger partial charge in [0.25, 0.3) is 0 Å². The number of hydrogen-bond acceptors (Lipinski definition) is 2. The normalized spacial score (nSPS) is 37.4. The Balaban J connectivity index is 2.38. The second-order valence-corrected chi connectivity index (χ2v) is 4.35. The highest BCUT2D eigenvalue weighted by atomic mass is 14.7. The van der Waals surface area contributed by atoms with E-state index in [1.807, 2.05) is 0 Å². The maximum atomic E-state index is 8.98. The smallest absolute Gasteiger partial charge is 0.0968 e. The summed E-state index contributed by atoms with van der Waals surface area (Å²) in [5.41, 5.74) is 7.75. The van der Waals surface area contributed by atoms with Crippen LogP contribution in [0.4, 0.5) is 0 Å². The van der Waals surface area contributed by atoms with E-state index in [2.05, 4.69) is 25.1 Å². The molecule has 2 rings (SSSR count). The molecule has 68 valence electrons. The van der Waals surface area contributed by atoms with Gasteiger partial charge in [0.15, 0.2) is 0 Å². The van der Waals surface area contributed by atoms with Crippen molar-refractivity contribution in [3.8, 4) is 6.07 Å². The van der Waals surface area contributed by atoms with Gasteiger partial charge in [0.05, 0.1) is 11.6 Å². The summed E-state index contributed by atoms with van der Waals surface area (Å²) in [6, 6.07) is 2.26. The molecule has 0 radical (unpaired) electrons. The van der Waals surface area contributed by atoms with Crippen molar-refractivity contribution in [3.63, 3.8) is 0 Å². The predicted molar refractivity (Wildman–Crippen MR) is 51.4 cm³/mol. The third kappa shape index (κ3) is 1.07. The van der Waals surface area contributed by atoms with Gasteiger partial charge in [0.2, 0.25) is 0 Å². The number of allylic oxidation sites excluding steroid dienone is 4. The van der Waals surface area contributed by atoms with Crippen LogP contribution in [0.1, 0.15) is 26.2 Å². The Morgan fingerprint density at radius 1 is 1.62 bits per heavy atom. The Labute approximate surface area is 78.7 Å². The van der Waals surface area contributed by atoms with Crippen LogP contribution in [0.2, 0.25) is 0 Å². The first-order chi connectivity index (χ1) is 6.17. The Kier molecular flexibility index (Phi) is 1.69. The highest BCUT2D eigenvalue weighted by Crippen LogP contribution is 2.51. The number of rotatable bonds is 0. The summed E-state index contributed by atoms with van der Waals surface area (Å²) < 4.78 is 0. The molecule has 0 aromatic carbocycles. The molecule has 0 spiro atoms. The van der Waals surface area contributed by atoms with Gasteiger partial charge >= 0.3 is 0 Å². The minimum absolute atomic E-state index is 0.226. The molecule has 0 saturated heterocycles. The summed E-state index contributed by atoms with van der Waals surface area (Å²) in [6.45, 7) is 2.23. The molecular formula is C11H14N2. The van der Waals surface area contributed by atoms with E-state index in [9.17, 15) is 0 Å². The third-order valence-corrected chi connectivity index (χ3v) is 3.37. The largest absolute Gasteiger partial charge is 0.401 e. The molecule has 2 nitrogen and oxygen atoms in total. The molecular weight excluding hydrogens is 160 g/mol. The highest BCUT2D eigenvalue weighted by molar-refractivity contribution is 5.38. The molecule has 0 saturated carbocycles. The SMILES string of the molecule is C[C@]12CC=CC[C@@H]1C(C#N)=C(N)C2. The van der Waals surface area contributed by atoms with Gasteiger partial charge < -0.3 is 5.73 Å². The van der Waals surface area contributed by atoms with Gasteiger partial charge in [-0.3, -0.25) is 0 Å². The number of nitrogens with zero attached hydrogens (tertiary/aromatic N) is 1. The van der Waals surface area contributed by atoms with E-state index >= 15 is 0 Å². The molecule has 0 fully saturated rings. The monoisotopic (exact) mass is 174 g/mol. The molecule has 0 unspecified atom stereocenters. The van der Waals surface area contributed by atoms with Crippen LogP contribution >= 0.6 is 0 Å². The minimum atomic E-state index is 0.226. The molecule has 0 amide bonds. The number of nitrogens with two attached hydrogens (primary N) is 1. The maximum absolute atomic E-state index is 8.98. The molecule has 0 aromatic rings. The van der Waals surface area contributed by atoms with Crippen molar-refractivity contribution < 1.29 is 0 Å². The topological polar surface area (TPSA) is 49.8 Å². The zero-order valence-corrected chi connectivity index (χ0v) is 7.88. The van der Waals surface area contributed by atoms with Crippen LogP contribution in [0.5, 0.6) is 0 Å². The van der Waals surface area contributed by atoms with Crippen LogP contribution < -0.4 is 5.73 Å². The quantitative estimate of drug-likeness (QED) is 0.572. The maximum Gasteiger partial charge on any atom is 0.0968 e. The van der Waals surface area contributed by atoms with Crippen LogP contribution in [0.25, 0.3) is 0 Å². The van der Waals surface area contributed by atoms with Crippen LogP contribution in [-0.2, 0) is 0 Å². The molecule has 2 atom stereocenters. The molecule has 0 aliphatic heterocycles. The fourth-order valence-electron chi connectivity index (χ4n) is 2.58. The standard InChI is InChI=1S/C11H14N2/c1-11-5-3-2-4-9(11)8(7-12)10(13)6-11/h2-3,9H,4-6,13H2,1H3/t9-,11-/m1/s1. The Hall–Kier alpha value is -1.23. The number of fused-ring (bicyclic) bond motifs is 1. The zero-order chi connectivity index (χ0) is 9.47. The lowest BCUT2D eigenvalue weighted by Crippen LogP contribution is -2.25. The van der Waals surface area contributed by atoms with E-state index in [1.54, 1.807) is 0 Å². The second kappa shape index (κ2) is 2.63. The Bertz CT molecular complexity index is 332. The van der Waals surface area contributed by atoms with Crippen LogP contribution in [0, 0.1) is 22.7 Å². The van der Waals surface area contributed by atoms with Crippen molar-refractivity contribution in [2.24, 2.45) is 17.1 Å². The van der Waals surface area contributed by atoms with Gasteiger partial charge in [0, 0.05) is 11.6 Å². The summed E-state index contributed by atoms with van der Waals surface area (Å²) in [6.07, 6.45) is 7.32. The van der Waals surface area contributed by atoms with Gasteiger partial charge in [-0.2, -0.15) is 5.26 Å². The van der Waals surface area contributed by atoms with Gasteiger partial charge in [-0.1, -0.05) is 19.1 Å². The Morgan fingerprint density at radius 3 is 3.08 bits per heavy atom. The molecule has 2 N–H and O–H groups in total. The average Bonchev–Trinajstić information content (AvgIpc) is 2.34. The molecule has 0 heterocycles. The summed E-state index contributed by atoms with van der Waals surface area (Å²) in [5.74, 6) is 0.377. The summed E-state index contributed by atoms with van der Waals surface area (Å²) in [4.78, 5) is 0. The number of nitriles is 1. The lowest BCUT2D eigenvalue weighted by atomic mass is 9.70. The fourth-order valence-corrected chi connectivity index (χ4v) is 2.58. The van der Waals surface area contributed by atoms with Gasteiger partial charge in [0.1, 0.15) is 0 Å². The van der Waals surface area contributed by atoms with Gasteiger partial charge in [-0.15, -0.1) is 0 Å². The lowest BCUT2D eigenvalue weighted by molar-refractivity contribution is 0.237. The van der Waals surface area contributed by atoms with E-state index in [0.29, 0.717) is 5.92 Å². The van der Waals surface area contributed by atoms with Gasteiger partial charge in [-0.05, 0) is 24.7 Å². The zero-order valence-electron chi connectivity index (χ0n) is 7.88. The lowest BCUT2D eigenvalue weighted by Gasteiger charge is -2.33. The van der Waals surface area contributed by atoms with Crippen LogP contribution in [-0.4, -0.2) is 0 Å². The van der Waals surface area contributed by atoms with Crippen LogP contribution in [0.3, 0.4) is 0 Å². The van der Waals surface area contributed by atoms with Crippen molar-refractivity contribution in [2.45, 2.75) is 26.2 Å². The molecule has 2 aliphatic rings. The summed E-state index contributed by atoms with van der Waals surface area (Å²) in [5, 5.41) is 8.98. The second-order valence-electron chi connectivity index (χ2n) is 4.35. The predicted octanol–water partition coefficient (Wildman–Crippen LogP) is 2.10.